The number of aromatic nitrogens is 5. The Morgan fingerprint density at radius 3 is 2.38 bits per heavy atom. The van der Waals surface area contributed by atoms with E-state index < -0.39 is 47.9 Å². The predicted octanol–water partition coefficient (Wildman–Crippen LogP) is 2.55. The van der Waals surface area contributed by atoms with Crippen molar-refractivity contribution in [3.63, 3.8) is 0 Å². The Labute approximate surface area is 353 Å². The van der Waals surface area contributed by atoms with Gasteiger partial charge in [0.2, 0.25) is 11.8 Å². The third-order valence-corrected chi connectivity index (χ3v) is 9.68. The van der Waals surface area contributed by atoms with Crippen molar-refractivity contribution < 1.29 is 34.1 Å². The van der Waals surface area contributed by atoms with E-state index in [9.17, 15) is 29.1 Å². The highest BCUT2D eigenvalue weighted by Gasteiger charge is 2.32. The van der Waals surface area contributed by atoms with Gasteiger partial charge in [0.15, 0.2) is 11.2 Å². The number of hydrogen-bond acceptors (Lipinski definition) is 11. The summed E-state index contributed by atoms with van der Waals surface area (Å²) in [5.74, 6) is -2.03. The summed E-state index contributed by atoms with van der Waals surface area (Å²) >= 11 is 0. The van der Waals surface area contributed by atoms with E-state index in [1.54, 1.807) is 29.1 Å². The summed E-state index contributed by atoms with van der Waals surface area (Å²) < 4.78 is 7.36. The van der Waals surface area contributed by atoms with Crippen molar-refractivity contribution in [3.8, 4) is 0 Å². The van der Waals surface area contributed by atoms with Gasteiger partial charge in [0, 0.05) is 17.5 Å². The Bertz CT molecular complexity index is 2330. The van der Waals surface area contributed by atoms with E-state index >= 15 is 0 Å². The number of fused-ring (bicyclic) bond motifs is 2. The number of carbonyl (C=O) groups is 4. The molecule has 5 amide bonds. The largest absolute Gasteiger partial charge is 0.394 e. The van der Waals surface area contributed by atoms with Gasteiger partial charge in [-0.1, -0.05) is 68.4 Å². The number of ether oxygens (including phenoxy) is 1. The number of nitrogens with two attached hydrogens (primary N) is 1. The summed E-state index contributed by atoms with van der Waals surface area (Å²) in [6.07, 6.45) is 2.72. The van der Waals surface area contributed by atoms with Crippen LogP contribution in [0.2, 0.25) is 0 Å². The molecule has 1 saturated heterocycles. The lowest BCUT2D eigenvalue weighted by Crippen LogP contribution is -2.57. The van der Waals surface area contributed by atoms with Crippen LogP contribution in [0.3, 0.4) is 0 Å². The third kappa shape index (κ3) is 13.1. The van der Waals surface area contributed by atoms with Crippen molar-refractivity contribution in [2.24, 2.45) is 11.7 Å². The minimum absolute atomic E-state index is 0.0111. The van der Waals surface area contributed by atoms with Gasteiger partial charge < -0.3 is 46.5 Å². The Morgan fingerprint density at radius 2 is 1.70 bits per heavy atom. The molecule has 4 heterocycles. The number of rotatable bonds is 15. The fourth-order valence-corrected chi connectivity index (χ4v) is 6.80. The van der Waals surface area contributed by atoms with Crippen molar-refractivity contribution >= 4 is 45.8 Å². The van der Waals surface area contributed by atoms with Crippen LogP contribution in [0, 0.1) is 5.92 Å². The molecule has 18 heteroatoms. The zero-order chi connectivity index (χ0) is 44.3. The van der Waals surface area contributed by atoms with Gasteiger partial charge in [0.1, 0.15) is 18.0 Å². The van der Waals surface area contributed by atoms with Gasteiger partial charge in [-0.25, -0.2) is 19.7 Å². The van der Waals surface area contributed by atoms with E-state index in [4.69, 9.17) is 15.6 Å². The summed E-state index contributed by atoms with van der Waals surface area (Å²) in [5.41, 5.74) is 7.02. The van der Waals surface area contributed by atoms with Crippen molar-refractivity contribution in [3.05, 3.63) is 101 Å². The Balaban J connectivity index is 0.000000340. The molecule has 3 aromatic heterocycles. The number of aliphatic hydroxyl groups is 2. The Hall–Kier alpha value is -6.24. The number of hydrogen-bond donors (Lipinski definition) is 7. The number of H-pyrrole nitrogens is 1. The molecule has 1 fully saturated rings. The van der Waals surface area contributed by atoms with E-state index in [1.807, 2.05) is 77.1 Å². The molecule has 0 radical (unpaired) electrons. The van der Waals surface area contributed by atoms with E-state index in [-0.39, 0.29) is 55.1 Å². The lowest BCUT2D eigenvalue weighted by Gasteiger charge is -2.34. The SMILES string of the molecule is CC(C)CN(C[C@@H](O)[C@H](Cc1ccccc1)NC(=O)[C@H](CC(N)=O)NC(=O)c1ccc2ccccc2n1)C(=O)NC(C)(C)C.O=c1[nH]cnc2c1ncn2C1CCC(CO)O1. The van der Waals surface area contributed by atoms with E-state index in [0.29, 0.717) is 23.2 Å². The molecule has 1 aliphatic rings. The molecule has 8 N–H and O–H groups in total. The zero-order valence-electron chi connectivity index (χ0n) is 35.1. The first-order valence-corrected chi connectivity index (χ1v) is 20.2. The van der Waals surface area contributed by atoms with Gasteiger partial charge in [-0.2, -0.15) is 0 Å². The minimum atomic E-state index is -1.32. The molecular formula is C43H56N10O8. The first-order chi connectivity index (χ1) is 29.0. The summed E-state index contributed by atoms with van der Waals surface area (Å²) in [6.45, 7) is 9.87. The minimum Gasteiger partial charge on any atom is -0.394 e. The molecule has 61 heavy (non-hydrogen) atoms. The highest BCUT2D eigenvalue weighted by molar-refractivity contribution is 5.99. The fraction of sp³-hybridized carbons (Fsp3) is 0.442. The second-order valence-electron chi connectivity index (χ2n) is 16.5. The number of primary amides is 1. The number of carbonyl (C=O) groups excluding carboxylic acids is 4. The maximum atomic E-state index is 13.6. The highest BCUT2D eigenvalue weighted by Crippen LogP contribution is 2.29. The molecule has 0 spiro atoms. The van der Waals surface area contributed by atoms with Gasteiger partial charge in [0.25, 0.3) is 11.5 Å². The topological polar surface area (TPSA) is 260 Å². The number of pyridine rings is 1. The maximum absolute atomic E-state index is 13.6. The number of para-hydroxylation sites is 1. The smallest absolute Gasteiger partial charge is 0.317 e. The van der Waals surface area contributed by atoms with Gasteiger partial charge in [-0.15, -0.1) is 0 Å². The molecule has 1 aliphatic heterocycles. The number of aliphatic hydroxyl groups excluding tert-OH is 2. The monoisotopic (exact) mass is 840 g/mol. The number of imidazole rings is 1. The first-order valence-electron chi connectivity index (χ1n) is 20.2. The predicted molar refractivity (Wildman–Crippen MR) is 228 cm³/mol. The molecule has 5 atom stereocenters. The average molecular weight is 841 g/mol. The number of benzene rings is 2. The number of nitrogens with zero attached hydrogens (tertiary/aromatic N) is 5. The molecule has 18 nitrogen and oxygen atoms in total. The van der Waals surface area contributed by atoms with Crippen LogP contribution < -0.4 is 27.2 Å². The lowest BCUT2D eigenvalue weighted by molar-refractivity contribution is -0.128. The van der Waals surface area contributed by atoms with Gasteiger partial charge in [-0.05, 0) is 63.6 Å². The molecule has 0 aliphatic carbocycles. The standard InChI is InChI=1S/C33H44N6O5.C10H12N4O3/c1-21(2)19-39(32(44)38-33(3,4)5)20-28(40)26(17-22-11-7-6-8-12-22)36-31(43)27(18-29(34)41)37-30(42)25-16-15-23-13-9-10-14-24(23)35-25;15-3-6-1-2-7(17-6)14-5-13-8-9(14)11-4-12-10(8)16/h6-16,21,26-28,40H,17-20H2,1-5H3,(H2,34,41)(H,36,43)(H,37,42)(H,38,44);4-7,15H,1-3H2,(H,11,12,16)/t26-,27-,28+;/m0./s1. The normalized spacial score (nSPS) is 16.6. The third-order valence-electron chi connectivity index (χ3n) is 9.68. The van der Waals surface area contributed by atoms with E-state index in [2.05, 4.69) is 35.9 Å². The van der Waals surface area contributed by atoms with Gasteiger partial charge >= 0.3 is 6.03 Å². The highest BCUT2D eigenvalue weighted by atomic mass is 16.5. The van der Waals surface area contributed by atoms with Crippen LogP contribution in [-0.4, -0.2) is 113 Å². The lowest BCUT2D eigenvalue weighted by atomic mass is 9.99. The van der Waals surface area contributed by atoms with Crippen molar-refractivity contribution in [1.82, 2.24) is 45.4 Å². The number of urea groups is 1. The summed E-state index contributed by atoms with van der Waals surface area (Å²) in [4.78, 5) is 79.7. The molecule has 0 saturated carbocycles. The van der Waals surface area contributed by atoms with Crippen molar-refractivity contribution in [2.45, 2.75) is 96.4 Å². The maximum Gasteiger partial charge on any atom is 0.317 e. The zero-order valence-corrected chi connectivity index (χ0v) is 35.1. The summed E-state index contributed by atoms with van der Waals surface area (Å²) in [6, 6.07) is 17.3. The van der Waals surface area contributed by atoms with Crippen LogP contribution in [0.1, 0.15) is 76.2 Å². The van der Waals surface area contributed by atoms with Crippen LogP contribution in [0.4, 0.5) is 4.79 Å². The Kier molecular flexibility index (Phi) is 15.7. The molecule has 6 rings (SSSR count). The van der Waals surface area contributed by atoms with Crippen molar-refractivity contribution in [1.29, 1.82) is 0 Å². The molecule has 0 bridgehead atoms. The number of nitrogens with one attached hydrogen (secondary N) is 4. The van der Waals surface area contributed by atoms with Gasteiger partial charge in [-0.3, -0.25) is 23.7 Å². The van der Waals surface area contributed by atoms with Crippen LogP contribution in [0.15, 0.2) is 84.2 Å². The summed E-state index contributed by atoms with van der Waals surface area (Å²) in [7, 11) is 0. The molecule has 2 unspecified atom stereocenters. The Morgan fingerprint density at radius 1 is 0.984 bits per heavy atom. The van der Waals surface area contributed by atoms with Crippen LogP contribution in [-0.2, 0) is 20.7 Å². The average Bonchev–Trinajstić information content (AvgIpc) is 3.88. The quantitative estimate of drug-likeness (QED) is 0.0806. The van der Waals surface area contributed by atoms with E-state index in [0.717, 1.165) is 23.8 Å². The molecule has 5 aromatic rings. The first kappa shape index (κ1) is 45.8. The fourth-order valence-electron chi connectivity index (χ4n) is 6.80. The number of aromatic amines is 1. The molecular weight excluding hydrogens is 785 g/mol. The van der Waals surface area contributed by atoms with Crippen LogP contribution in [0.25, 0.3) is 22.1 Å². The molecule has 2 aromatic carbocycles. The number of amides is 5. The second kappa shape index (κ2) is 20.8. The van der Waals surface area contributed by atoms with E-state index in [1.165, 1.54) is 17.3 Å². The second-order valence-corrected chi connectivity index (χ2v) is 16.5. The van der Waals surface area contributed by atoms with Gasteiger partial charge in [0.05, 0.1) is 56.0 Å². The van der Waals surface area contributed by atoms with Crippen LogP contribution >= 0.6 is 0 Å². The van der Waals surface area contributed by atoms with Crippen LogP contribution in [0.5, 0.6) is 0 Å². The van der Waals surface area contributed by atoms with Crippen molar-refractivity contribution in [2.75, 3.05) is 19.7 Å². The summed E-state index contributed by atoms with van der Waals surface area (Å²) in [5, 5.41) is 29.6. The molecule has 326 valence electrons.